The summed E-state index contributed by atoms with van der Waals surface area (Å²) in [7, 11) is 0. The summed E-state index contributed by atoms with van der Waals surface area (Å²) >= 11 is 0. The number of hydrazone groups is 1. The number of carbonyl (C=O) groups is 1. The van der Waals surface area contributed by atoms with Gasteiger partial charge in [-0.25, -0.2) is 20.2 Å². The number of rotatable bonds is 5. The summed E-state index contributed by atoms with van der Waals surface area (Å²) in [6, 6.07) is 12.4. The molecule has 0 saturated heterocycles. The number of nitrogens with zero attached hydrogens (tertiary/aromatic N) is 4. The van der Waals surface area contributed by atoms with E-state index >= 15 is 0 Å². The number of nitrogens with one attached hydrogen (secondary N) is 2. The second-order valence-electron chi connectivity index (χ2n) is 5.38. The smallest absolute Gasteiger partial charge is 0.332 e. The van der Waals surface area contributed by atoms with Gasteiger partial charge in [0.25, 0.3) is 0 Å². The molecule has 0 saturated carbocycles. The van der Waals surface area contributed by atoms with E-state index in [-0.39, 0.29) is 0 Å². The maximum absolute atomic E-state index is 10.7. The molecule has 0 aliphatic rings. The van der Waals surface area contributed by atoms with E-state index in [0.717, 1.165) is 22.5 Å². The number of carbonyl (C=O) groups excluding carboxylic acids is 1. The molecule has 26 heavy (non-hydrogen) atoms. The average Bonchev–Trinajstić information content (AvgIpc) is 2.67. The number of urea groups is 1. The second kappa shape index (κ2) is 7.84. The topological polar surface area (TPSA) is 118 Å². The van der Waals surface area contributed by atoms with E-state index in [1.54, 1.807) is 25.5 Å². The highest BCUT2D eigenvalue weighted by Gasteiger charge is 2.04. The predicted molar refractivity (Wildman–Crippen MR) is 99.9 cm³/mol. The van der Waals surface area contributed by atoms with E-state index in [9.17, 15) is 4.79 Å². The number of hydrogen-bond donors (Lipinski definition) is 3. The van der Waals surface area contributed by atoms with E-state index in [1.165, 1.54) is 0 Å². The van der Waals surface area contributed by atoms with E-state index in [0.29, 0.717) is 11.7 Å². The van der Waals surface area contributed by atoms with Crippen molar-refractivity contribution in [2.45, 2.75) is 6.92 Å². The van der Waals surface area contributed by atoms with Crippen LogP contribution < -0.4 is 16.5 Å². The molecule has 0 atom stereocenters. The molecule has 8 heteroatoms. The molecule has 0 aliphatic heterocycles. The fourth-order valence-corrected chi connectivity index (χ4v) is 2.22. The third kappa shape index (κ3) is 4.38. The van der Waals surface area contributed by atoms with Gasteiger partial charge in [0, 0.05) is 29.8 Å². The summed E-state index contributed by atoms with van der Waals surface area (Å²) in [5.74, 6) is 0.486. The van der Waals surface area contributed by atoms with Gasteiger partial charge >= 0.3 is 6.03 Å². The lowest BCUT2D eigenvalue weighted by atomic mass is 10.1. The molecule has 8 nitrogen and oxygen atoms in total. The minimum Gasteiger partial charge on any atom is -0.350 e. The molecule has 3 aromatic rings. The lowest BCUT2D eigenvalue weighted by Crippen LogP contribution is -2.25. The maximum Gasteiger partial charge on any atom is 0.332 e. The largest absolute Gasteiger partial charge is 0.350 e. The molecule has 0 radical (unpaired) electrons. The van der Waals surface area contributed by atoms with E-state index < -0.39 is 6.03 Å². The first kappa shape index (κ1) is 17.0. The Labute approximate surface area is 150 Å². The molecule has 0 spiro atoms. The van der Waals surface area contributed by atoms with Crippen LogP contribution in [0, 0.1) is 0 Å². The quantitative estimate of drug-likeness (QED) is 0.484. The second-order valence-corrected chi connectivity index (χ2v) is 5.38. The van der Waals surface area contributed by atoms with Crippen LogP contribution in [-0.4, -0.2) is 26.7 Å². The third-order valence-corrected chi connectivity index (χ3v) is 3.51. The molecule has 130 valence electrons. The van der Waals surface area contributed by atoms with Crippen LogP contribution >= 0.6 is 0 Å². The van der Waals surface area contributed by atoms with Gasteiger partial charge in [-0.2, -0.15) is 5.10 Å². The van der Waals surface area contributed by atoms with Gasteiger partial charge in [-0.3, -0.25) is 4.98 Å². The van der Waals surface area contributed by atoms with Crippen LogP contribution in [0.3, 0.4) is 0 Å². The lowest BCUT2D eigenvalue weighted by Gasteiger charge is -2.07. The normalized spacial score (nSPS) is 11.0. The zero-order valence-corrected chi connectivity index (χ0v) is 14.0. The third-order valence-electron chi connectivity index (χ3n) is 3.51. The zero-order chi connectivity index (χ0) is 18.4. The number of hydrogen-bond acceptors (Lipinski definition) is 6. The first-order chi connectivity index (χ1) is 12.6. The molecular weight excluding hydrogens is 330 g/mol. The number of pyridine rings is 1. The number of amides is 2. The Morgan fingerprint density at radius 1 is 1.12 bits per heavy atom. The van der Waals surface area contributed by atoms with E-state index in [1.807, 2.05) is 42.5 Å². The molecule has 2 heterocycles. The van der Waals surface area contributed by atoms with Gasteiger partial charge in [-0.1, -0.05) is 12.1 Å². The van der Waals surface area contributed by atoms with Crippen molar-refractivity contribution in [1.82, 2.24) is 20.4 Å². The van der Waals surface area contributed by atoms with E-state index in [2.05, 4.69) is 30.8 Å². The first-order valence-corrected chi connectivity index (χ1v) is 7.82. The van der Waals surface area contributed by atoms with Crippen molar-refractivity contribution in [1.29, 1.82) is 0 Å². The summed E-state index contributed by atoms with van der Waals surface area (Å²) in [6.07, 6.45) is 5.16. The summed E-state index contributed by atoms with van der Waals surface area (Å²) < 4.78 is 0. The molecule has 4 N–H and O–H groups in total. The Morgan fingerprint density at radius 3 is 2.62 bits per heavy atom. The van der Waals surface area contributed by atoms with Crippen LogP contribution in [0.25, 0.3) is 11.3 Å². The highest BCUT2D eigenvalue weighted by molar-refractivity contribution is 5.99. The van der Waals surface area contributed by atoms with Crippen LogP contribution in [0.5, 0.6) is 0 Å². The first-order valence-electron chi connectivity index (χ1n) is 7.82. The van der Waals surface area contributed by atoms with Gasteiger partial charge in [0.15, 0.2) is 0 Å². The molecule has 2 aromatic heterocycles. The van der Waals surface area contributed by atoms with Gasteiger partial charge in [-0.05, 0) is 42.8 Å². The molecule has 3 rings (SSSR count). The number of nitrogens with two attached hydrogens (primary N) is 1. The maximum atomic E-state index is 10.7. The molecule has 1 aromatic carbocycles. The molecule has 2 amide bonds. The average molecular weight is 347 g/mol. The Kier molecular flexibility index (Phi) is 5.14. The highest BCUT2D eigenvalue weighted by Crippen LogP contribution is 2.19. The summed E-state index contributed by atoms with van der Waals surface area (Å²) in [6.45, 7) is 1.78. The van der Waals surface area contributed by atoms with Crippen molar-refractivity contribution >= 4 is 23.4 Å². The van der Waals surface area contributed by atoms with Crippen molar-refractivity contribution in [3.63, 3.8) is 0 Å². The van der Waals surface area contributed by atoms with Crippen molar-refractivity contribution in [3.8, 4) is 11.3 Å². The monoisotopic (exact) mass is 347 g/mol. The molecular formula is C18H17N7O. The number of anilines is 2. The highest BCUT2D eigenvalue weighted by atomic mass is 16.2. The zero-order valence-electron chi connectivity index (χ0n) is 14.0. The molecule has 0 fully saturated rings. The van der Waals surface area contributed by atoms with Gasteiger partial charge in [0.1, 0.15) is 0 Å². The van der Waals surface area contributed by atoms with E-state index in [4.69, 9.17) is 5.73 Å². The van der Waals surface area contributed by atoms with Crippen LogP contribution in [0.15, 0.2) is 66.2 Å². The Balaban J connectivity index is 1.74. The van der Waals surface area contributed by atoms with Crippen molar-refractivity contribution in [2.24, 2.45) is 10.8 Å². The van der Waals surface area contributed by atoms with Crippen molar-refractivity contribution in [3.05, 3.63) is 66.6 Å². The lowest BCUT2D eigenvalue weighted by molar-refractivity contribution is 0.249. The van der Waals surface area contributed by atoms with Gasteiger partial charge in [0.2, 0.25) is 5.95 Å². The Morgan fingerprint density at radius 2 is 1.92 bits per heavy atom. The van der Waals surface area contributed by atoms with Crippen LogP contribution in [-0.2, 0) is 0 Å². The predicted octanol–water partition coefficient (Wildman–Crippen LogP) is 2.67. The van der Waals surface area contributed by atoms with Crippen LogP contribution in [0.2, 0.25) is 0 Å². The molecule has 0 bridgehead atoms. The summed E-state index contributed by atoms with van der Waals surface area (Å²) in [5, 5.41) is 7.05. The van der Waals surface area contributed by atoms with Crippen molar-refractivity contribution in [2.75, 3.05) is 5.32 Å². The van der Waals surface area contributed by atoms with Crippen molar-refractivity contribution < 1.29 is 4.79 Å². The van der Waals surface area contributed by atoms with Crippen LogP contribution in [0.1, 0.15) is 12.5 Å². The Hall–Kier alpha value is -3.81. The minimum absolute atomic E-state index is 0.486. The molecule has 0 aliphatic carbocycles. The summed E-state index contributed by atoms with van der Waals surface area (Å²) in [5.41, 5.74) is 11.2. The van der Waals surface area contributed by atoms with Gasteiger partial charge < -0.3 is 11.1 Å². The van der Waals surface area contributed by atoms with Gasteiger partial charge in [-0.15, -0.1) is 0 Å². The van der Waals surface area contributed by atoms with Crippen LogP contribution in [0.4, 0.5) is 16.4 Å². The number of benzene rings is 1. The fourth-order valence-electron chi connectivity index (χ4n) is 2.22. The number of aromatic nitrogens is 3. The SMILES string of the molecule is C/C(=N/NC(N)=O)c1ccc(Nc2nccc(-c3cccnc3)n2)cc1. The Bertz CT molecular complexity index is 924. The fraction of sp³-hybridized carbons (Fsp3) is 0.0556. The minimum atomic E-state index is -0.701. The summed E-state index contributed by atoms with van der Waals surface area (Å²) in [4.78, 5) is 23.5. The standard InChI is InChI=1S/C18H17N7O/c1-12(24-25-17(19)26)13-4-6-15(7-5-13)22-18-21-10-8-16(23-18)14-3-2-9-20-11-14/h2-11H,1H3,(H3,19,25,26)(H,21,22,23)/b24-12-. The van der Waals surface area contributed by atoms with Gasteiger partial charge in [0.05, 0.1) is 11.4 Å². The molecule has 0 unspecified atom stereocenters. The number of primary amides is 1.